The maximum Gasteiger partial charge on any atom is 0.0798 e. The van der Waals surface area contributed by atoms with Crippen LogP contribution in [-0.2, 0) is 4.74 Å². The fourth-order valence-electron chi connectivity index (χ4n) is 0.794. The Hall–Kier alpha value is 0.650. The van der Waals surface area contributed by atoms with Crippen molar-refractivity contribution >= 4 is 22.6 Å². The molecule has 48 valence electrons. The van der Waals surface area contributed by atoms with E-state index in [4.69, 9.17) is 9.84 Å². The molecule has 0 aliphatic carbocycles. The average Bonchev–Trinajstić information content (AvgIpc) is 2.14. The number of ether oxygens (including phenoxy) is 1. The first kappa shape index (κ1) is 6.77. The lowest BCUT2D eigenvalue weighted by atomic mass is 10.2. The van der Waals surface area contributed by atoms with Gasteiger partial charge in [-0.15, -0.1) is 0 Å². The maximum atomic E-state index is 8.90. The molecule has 1 aliphatic rings. The van der Waals surface area contributed by atoms with Gasteiger partial charge in [0.15, 0.2) is 0 Å². The highest BCUT2D eigenvalue weighted by Crippen LogP contribution is 2.14. The number of alkyl halides is 1. The summed E-state index contributed by atoms with van der Waals surface area (Å²) in [5.41, 5.74) is 0. The molecule has 1 fully saturated rings. The summed E-state index contributed by atoms with van der Waals surface area (Å²) in [4.78, 5) is 0. The van der Waals surface area contributed by atoms with E-state index in [0.717, 1.165) is 10.8 Å². The fraction of sp³-hybridized carbons (Fsp3) is 1.00. The maximum absolute atomic E-state index is 8.90. The Labute approximate surface area is 62.4 Å². The highest BCUT2D eigenvalue weighted by molar-refractivity contribution is 14.1. The molecule has 0 aromatic carbocycles. The van der Waals surface area contributed by atoms with Crippen molar-refractivity contribution in [3.8, 4) is 0 Å². The minimum absolute atomic E-state index is 0.199. The summed E-state index contributed by atoms with van der Waals surface area (Å²) in [6.07, 6.45) is 0.934. The molecule has 1 N–H and O–H groups in total. The van der Waals surface area contributed by atoms with Gasteiger partial charge in [-0.25, -0.2) is 0 Å². The molecule has 3 heteroatoms. The highest BCUT2D eigenvalue weighted by Gasteiger charge is 2.21. The first-order valence-corrected chi connectivity index (χ1v) is 4.21. The van der Waals surface area contributed by atoms with Gasteiger partial charge in [0.1, 0.15) is 0 Å². The Kier molecular flexibility index (Phi) is 2.52. The van der Waals surface area contributed by atoms with Crippen molar-refractivity contribution in [2.24, 2.45) is 0 Å². The third-order valence-electron chi connectivity index (χ3n) is 1.23. The lowest BCUT2D eigenvalue weighted by Crippen LogP contribution is -2.06. The second-order valence-electron chi connectivity index (χ2n) is 2.00. The molecule has 2 atom stereocenters. The van der Waals surface area contributed by atoms with Crippen LogP contribution in [0.25, 0.3) is 0 Å². The molecule has 0 aromatic heterocycles. The predicted molar refractivity (Wildman–Crippen MR) is 39.3 cm³/mol. The van der Waals surface area contributed by atoms with Crippen molar-refractivity contribution < 1.29 is 9.84 Å². The van der Waals surface area contributed by atoms with Crippen LogP contribution in [-0.4, -0.2) is 28.3 Å². The summed E-state index contributed by atoms with van der Waals surface area (Å²) in [5.74, 6) is 0. The third kappa shape index (κ3) is 1.56. The Balaban J connectivity index is 2.22. The Morgan fingerprint density at radius 2 is 2.50 bits per heavy atom. The number of hydrogen-bond donors (Lipinski definition) is 1. The minimum Gasteiger partial charge on any atom is -0.391 e. The summed E-state index contributed by atoms with van der Waals surface area (Å²) < 4.78 is 6.15. The van der Waals surface area contributed by atoms with Crippen LogP contribution in [0.3, 0.4) is 0 Å². The van der Waals surface area contributed by atoms with Crippen molar-refractivity contribution in [2.75, 3.05) is 11.0 Å². The van der Waals surface area contributed by atoms with E-state index in [1.807, 2.05) is 0 Å². The Morgan fingerprint density at radius 1 is 1.75 bits per heavy atom. The van der Waals surface area contributed by atoms with Crippen molar-refractivity contribution in [1.82, 2.24) is 0 Å². The molecule has 0 spiro atoms. The Bertz CT molecular complexity index is 76.8. The van der Waals surface area contributed by atoms with Crippen LogP contribution in [0.4, 0.5) is 0 Å². The van der Waals surface area contributed by atoms with Crippen LogP contribution in [0.2, 0.25) is 0 Å². The van der Waals surface area contributed by atoms with Crippen molar-refractivity contribution in [2.45, 2.75) is 18.6 Å². The molecule has 1 heterocycles. The van der Waals surface area contributed by atoms with Gasteiger partial charge in [0, 0.05) is 10.8 Å². The van der Waals surface area contributed by atoms with Crippen LogP contribution in [0.15, 0.2) is 0 Å². The second kappa shape index (κ2) is 2.98. The average molecular weight is 228 g/mol. The zero-order valence-corrected chi connectivity index (χ0v) is 6.67. The molecule has 0 unspecified atom stereocenters. The van der Waals surface area contributed by atoms with E-state index < -0.39 is 0 Å². The molecule has 0 saturated carbocycles. The summed E-state index contributed by atoms with van der Waals surface area (Å²) in [6, 6.07) is 0. The summed E-state index contributed by atoms with van der Waals surface area (Å²) >= 11 is 2.26. The fourth-order valence-corrected chi connectivity index (χ4v) is 1.41. The van der Waals surface area contributed by atoms with Gasteiger partial charge in [-0.3, -0.25) is 0 Å². The molecule has 0 aromatic rings. The van der Waals surface area contributed by atoms with E-state index in [0.29, 0.717) is 12.7 Å². The smallest absolute Gasteiger partial charge is 0.0798 e. The number of aliphatic hydroxyl groups excluding tert-OH is 1. The molecule has 0 amide bonds. The van der Waals surface area contributed by atoms with Crippen molar-refractivity contribution in [1.29, 1.82) is 0 Å². The zero-order valence-electron chi connectivity index (χ0n) is 4.51. The standard InChI is InChI=1S/C5H9IO2/c6-2-5-1-4(7)3-8-5/h4-5,7H,1-3H2/t4-,5-/m1/s1. The van der Waals surface area contributed by atoms with Gasteiger partial charge in [-0.2, -0.15) is 0 Å². The molecule has 1 aliphatic heterocycles. The largest absolute Gasteiger partial charge is 0.391 e. The quantitative estimate of drug-likeness (QED) is 0.525. The molecular weight excluding hydrogens is 219 g/mol. The minimum atomic E-state index is -0.199. The number of halogens is 1. The van der Waals surface area contributed by atoms with Gasteiger partial charge in [0.25, 0.3) is 0 Å². The van der Waals surface area contributed by atoms with Gasteiger partial charge in [0.05, 0.1) is 18.8 Å². The van der Waals surface area contributed by atoms with Crippen molar-refractivity contribution in [3.63, 3.8) is 0 Å². The third-order valence-corrected chi connectivity index (χ3v) is 2.21. The summed E-state index contributed by atoms with van der Waals surface area (Å²) in [5, 5.41) is 8.90. The molecule has 0 bridgehead atoms. The van der Waals surface area contributed by atoms with E-state index in [9.17, 15) is 0 Å². The molecule has 1 saturated heterocycles. The van der Waals surface area contributed by atoms with Crippen LogP contribution in [0.1, 0.15) is 6.42 Å². The van der Waals surface area contributed by atoms with E-state index in [1.165, 1.54) is 0 Å². The Morgan fingerprint density at radius 3 is 2.75 bits per heavy atom. The van der Waals surface area contributed by atoms with Gasteiger partial charge < -0.3 is 9.84 Å². The van der Waals surface area contributed by atoms with E-state index in [1.54, 1.807) is 0 Å². The first-order chi connectivity index (χ1) is 3.83. The van der Waals surface area contributed by atoms with Gasteiger partial charge in [-0.1, -0.05) is 22.6 Å². The lowest BCUT2D eigenvalue weighted by Gasteiger charge is -2.00. The number of hydrogen-bond acceptors (Lipinski definition) is 2. The van der Waals surface area contributed by atoms with E-state index in [2.05, 4.69) is 22.6 Å². The monoisotopic (exact) mass is 228 g/mol. The summed E-state index contributed by atoms with van der Waals surface area (Å²) in [6.45, 7) is 0.535. The van der Waals surface area contributed by atoms with Crippen LogP contribution < -0.4 is 0 Å². The predicted octanol–water partition coefficient (Wildman–Crippen LogP) is 0.571. The van der Waals surface area contributed by atoms with E-state index in [-0.39, 0.29) is 6.10 Å². The molecule has 2 nitrogen and oxygen atoms in total. The lowest BCUT2D eigenvalue weighted by molar-refractivity contribution is 0.100. The number of rotatable bonds is 1. The van der Waals surface area contributed by atoms with E-state index >= 15 is 0 Å². The van der Waals surface area contributed by atoms with Gasteiger partial charge >= 0.3 is 0 Å². The second-order valence-corrected chi connectivity index (χ2v) is 2.88. The number of aliphatic hydroxyl groups is 1. The van der Waals surface area contributed by atoms with Crippen LogP contribution in [0.5, 0.6) is 0 Å². The van der Waals surface area contributed by atoms with Gasteiger partial charge in [-0.05, 0) is 0 Å². The van der Waals surface area contributed by atoms with Crippen molar-refractivity contribution in [3.05, 3.63) is 0 Å². The normalized spacial score (nSPS) is 38.2. The molecule has 1 rings (SSSR count). The highest BCUT2D eigenvalue weighted by atomic mass is 127. The molecular formula is C5H9IO2. The van der Waals surface area contributed by atoms with Gasteiger partial charge in [0.2, 0.25) is 0 Å². The molecule has 8 heavy (non-hydrogen) atoms. The first-order valence-electron chi connectivity index (χ1n) is 2.68. The zero-order chi connectivity index (χ0) is 5.98. The van der Waals surface area contributed by atoms with Crippen LogP contribution >= 0.6 is 22.6 Å². The summed E-state index contributed by atoms with van der Waals surface area (Å²) in [7, 11) is 0. The topological polar surface area (TPSA) is 29.5 Å². The van der Waals surface area contributed by atoms with Crippen LogP contribution in [0, 0.1) is 0 Å². The SMILES string of the molecule is O[C@H]1CO[C@@H](CI)C1. The molecule has 0 radical (unpaired) electrons.